The Labute approximate surface area is 144 Å². The second kappa shape index (κ2) is 7.17. The van der Waals surface area contributed by atoms with Crippen molar-refractivity contribution in [2.75, 3.05) is 36.5 Å². The van der Waals surface area contributed by atoms with Crippen LogP contribution < -0.4 is 10.2 Å². The third kappa shape index (κ3) is 4.13. The number of aromatic nitrogens is 1. The highest BCUT2D eigenvalue weighted by Gasteiger charge is 2.12. The minimum atomic E-state index is -0.305. The van der Waals surface area contributed by atoms with Crippen molar-refractivity contribution < 1.29 is 9.53 Å². The van der Waals surface area contributed by atoms with E-state index in [2.05, 4.69) is 15.2 Å². The summed E-state index contributed by atoms with van der Waals surface area (Å²) in [4.78, 5) is 18.7. The molecule has 1 saturated heterocycles. The number of nitrogens with zero attached hydrogens (tertiary/aromatic N) is 2. The number of amides is 1. The first kappa shape index (κ1) is 16.1. The van der Waals surface area contributed by atoms with Crippen molar-refractivity contribution >= 4 is 40.6 Å². The largest absolute Gasteiger partial charge is 0.378 e. The van der Waals surface area contributed by atoms with Crippen LogP contribution in [0.15, 0.2) is 36.5 Å². The van der Waals surface area contributed by atoms with Crippen molar-refractivity contribution in [3.05, 3.63) is 52.1 Å². The number of ether oxygens (including phenoxy) is 1. The number of hydrogen-bond donors (Lipinski definition) is 1. The molecule has 0 unspecified atom stereocenters. The van der Waals surface area contributed by atoms with Gasteiger partial charge < -0.3 is 15.0 Å². The van der Waals surface area contributed by atoms with Crippen LogP contribution in [-0.2, 0) is 4.74 Å². The first-order valence-electron chi connectivity index (χ1n) is 7.18. The zero-order valence-corrected chi connectivity index (χ0v) is 13.8. The summed E-state index contributed by atoms with van der Waals surface area (Å²) in [5.41, 5.74) is 1.40. The van der Waals surface area contributed by atoms with Crippen LogP contribution in [0, 0.1) is 0 Å². The Morgan fingerprint density at radius 3 is 2.43 bits per heavy atom. The Balaban J connectivity index is 1.68. The summed E-state index contributed by atoms with van der Waals surface area (Å²) in [6, 6.07) is 8.40. The predicted molar refractivity (Wildman–Crippen MR) is 91.7 cm³/mol. The standard InChI is InChI=1S/C16H15Cl2N3O2/c17-12-7-11(8-13(18)9-12)16(22)20-15-2-1-14(10-19-15)21-3-5-23-6-4-21/h1-2,7-10H,3-6H2,(H,19,20,22). The molecule has 0 radical (unpaired) electrons. The van der Waals surface area contributed by atoms with Crippen LogP contribution in [0.3, 0.4) is 0 Å². The molecule has 2 heterocycles. The summed E-state index contributed by atoms with van der Waals surface area (Å²) in [5.74, 6) is 0.170. The van der Waals surface area contributed by atoms with Gasteiger partial charge in [0, 0.05) is 28.7 Å². The Bertz CT molecular complexity index is 681. The smallest absolute Gasteiger partial charge is 0.256 e. The zero-order chi connectivity index (χ0) is 16.2. The summed E-state index contributed by atoms with van der Waals surface area (Å²) >= 11 is 11.8. The third-order valence-corrected chi connectivity index (χ3v) is 3.93. The van der Waals surface area contributed by atoms with Crippen LogP contribution in [-0.4, -0.2) is 37.2 Å². The fraction of sp³-hybridized carbons (Fsp3) is 0.250. The molecular formula is C16H15Cl2N3O2. The van der Waals surface area contributed by atoms with Gasteiger partial charge in [0.2, 0.25) is 0 Å². The monoisotopic (exact) mass is 351 g/mol. The maximum Gasteiger partial charge on any atom is 0.256 e. The molecule has 0 aliphatic carbocycles. The quantitative estimate of drug-likeness (QED) is 0.919. The Morgan fingerprint density at radius 2 is 1.83 bits per heavy atom. The molecule has 1 N–H and O–H groups in total. The highest BCUT2D eigenvalue weighted by atomic mass is 35.5. The number of morpholine rings is 1. The lowest BCUT2D eigenvalue weighted by Gasteiger charge is -2.28. The van der Waals surface area contributed by atoms with E-state index in [1.165, 1.54) is 0 Å². The van der Waals surface area contributed by atoms with Gasteiger partial charge in [0.15, 0.2) is 0 Å². The van der Waals surface area contributed by atoms with Crippen LogP contribution in [0.5, 0.6) is 0 Å². The van der Waals surface area contributed by atoms with Gasteiger partial charge in [0.25, 0.3) is 5.91 Å². The predicted octanol–water partition coefficient (Wildman–Crippen LogP) is 3.48. The van der Waals surface area contributed by atoms with Crippen LogP contribution in [0.4, 0.5) is 11.5 Å². The van der Waals surface area contributed by atoms with E-state index in [1.54, 1.807) is 30.5 Å². The first-order valence-corrected chi connectivity index (χ1v) is 7.93. The van der Waals surface area contributed by atoms with Gasteiger partial charge in [-0.3, -0.25) is 4.79 Å². The lowest BCUT2D eigenvalue weighted by Crippen LogP contribution is -2.36. The van der Waals surface area contributed by atoms with Gasteiger partial charge in [-0.1, -0.05) is 23.2 Å². The fourth-order valence-electron chi connectivity index (χ4n) is 2.34. The molecule has 0 saturated carbocycles. The number of rotatable bonds is 3. The fourth-order valence-corrected chi connectivity index (χ4v) is 2.87. The molecule has 23 heavy (non-hydrogen) atoms. The average Bonchev–Trinajstić information content (AvgIpc) is 2.55. The number of anilines is 2. The molecule has 1 amide bonds. The van der Waals surface area contributed by atoms with Crippen molar-refractivity contribution in [1.29, 1.82) is 0 Å². The second-order valence-electron chi connectivity index (χ2n) is 5.11. The molecular weight excluding hydrogens is 337 g/mol. The summed E-state index contributed by atoms with van der Waals surface area (Å²) in [7, 11) is 0. The number of hydrogen-bond acceptors (Lipinski definition) is 4. The number of halogens is 2. The lowest BCUT2D eigenvalue weighted by molar-refractivity contribution is 0.102. The van der Waals surface area contributed by atoms with E-state index in [4.69, 9.17) is 27.9 Å². The van der Waals surface area contributed by atoms with Crippen molar-refractivity contribution in [3.8, 4) is 0 Å². The van der Waals surface area contributed by atoms with E-state index in [9.17, 15) is 4.79 Å². The summed E-state index contributed by atoms with van der Waals surface area (Å²) < 4.78 is 5.33. The Hall–Kier alpha value is -1.82. The molecule has 120 valence electrons. The number of carbonyl (C=O) groups excluding carboxylic acids is 1. The molecule has 0 bridgehead atoms. The first-order chi connectivity index (χ1) is 11.1. The summed E-state index contributed by atoms with van der Waals surface area (Å²) in [6.07, 6.45) is 1.74. The van der Waals surface area contributed by atoms with E-state index in [-0.39, 0.29) is 5.91 Å². The van der Waals surface area contributed by atoms with Gasteiger partial charge in [0.05, 0.1) is 25.1 Å². The van der Waals surface area contributed by atoms with Crippen molar-refractivity contribution in [3.63, 3.8) is 0 Å². The van der Waals surface area contributed by atoms with E-state index < -0.39 is 0 Å². The Kier molecular flexibility index (Phi) is 5.00. The summed E-state index contributed by atoms with van der Waals surface area (Å²) in [5, 5.41) is 3.56. The Morgan fingerprint density at radius 1 is 1.13 bits per heavy atom. The average molecular weight is 352 g/mol. The van der Waals surface area contributed by atoms with Crippen molar-refractivity contribution in [1.82, 2.24) is 4.98 Å². The van der Waals surface area contributed by atoms with Gasteiger partial charge in [-0.25, -0.2) is 4.98 Å². The van der Waals surface area contributed by atoms with Crippen LogP contribution >= 0.6 is 23.2 Å². The molecule has 3 rings (SSSR count). The van der Waals surface area contributed by atoms with E-state index in [1.807, 2.05) is 6.07 Å². The van der Waals surface area contributed by atoms with Crippen LogP contribution in [0.1, 0.15) is 10.4 Å². The number of carbonyl (C=O) groups is 1. The number of pyridine rings is 1. The maximum atomic E-state index is 12.2. The summed E-state index contributed by atoms with van der Waals surface area (Å²) in [6.45, 7) is 3.12. The van der Waals surface area contributed by atoms with E-state index in [0.29, 0.717) is 34.6 Å². The van der Waals surface area contributed by atoms with Gasteiger partial charge in [-0.15, -0.1) is 0 Å². The molecule has 0 spiro atoms. The number of benzene rings is 1. The van der Waals surface area contributed by atoms with E-state index >= 15 is 0 Å². The SMILES string of the molecule is O=C(Nc1ccc(N2CCOCC2)cn1)c1cc(Cl)cc(Cl)c1. The second-order valence-corrected chi connectivity index (χ2v) is 5.99. The van der Waals surface area contributed by atoms with Crippen molar-refractivity contribution in [2.24, 2.45) is 0 Å². The van der Waals surface area contributed by atoms with Crippen LogP contribution in [0.2, 0.25) is 10.0 Å². The molecule has 1 aliphatic heterocycles. The third-order valence-electron chi connectivity index (χ3n) is 3.49. The molecule has 1 aromatic heterocycles. The zero-order valence-electron chi connectivity index (χ0n) is 12.3. The highest BCUT2D eigenvalue weighted by Crippen LogP contribution is 2.21. The molecule has 5 nitrogen and oxygen atoms in total. The molecule has 0 atom stereocenters. The van der Waals surface area contributed by atoms with Gasteiger partial charge >= 0.3 is 0 Å². The van der Waals surface area contributed by atoms with Crippen LogP contribution in [0.25, 0.3) is 0 Å². The molecule has 2 aromatic rings. The van der Waals surface area contributed by atoms with Gasteiger partial charge in [0.1, 0.15) is 5.82 Å². The minimum Gasteiger partial charge on any atom is -0.378 e. The minimum absolute atomic E-state index is 0.305. The van der Waals surface area contributed by atoms with Crippen molar-refractivity contribution in [2.45, 2.75) is 0 Å². The topological polar surface area (TPSA) is 54.5 Å². The molecule has 1 aliphatic rings. The van der Waals surface area contributed by atoms with Gasteiger partial charge in [-0.05, 0) is 30.3 Å². The van der Waals surface area contributed by atoms with Gasteiger partial charge in [-0.2, -0.15) is 0 Å². The highest BCUT2D eigenvalue weighted by molar-refractivity contribution is 6.35. The number of nitrogens with one attached hydrogen (secondary N) is 1. The maximum absolute atomic E-state index is 12.2. The normalized spacial score (nSPS) is 14.6. The van der Waals surface area contributed by atoms with E-state index in [0.717, 1.165) is 18.8 Å². The molecule has 1 fully saturated rings. The lowest BCUT2D eigenvalue weighted by atomic mass is 10.2. The molecule has 1 aromatic carbocycles. The molecule has 7 heteroatoms.